The van der Waals surface area contributed by atoms with Crippen molar-refractivity contribution in [3.05, 3.63) is 64.7 Å². The number of anilines is 1. The smallest absolute Gasteiger partial charge is 0.267 e. The number of sulfonamides is 1. The van der Waals surface area contributed by atoms with E-state index >= 15 is 0 Å². The van der Waals surface area contributed by atoms with Crippen LogP contribution in [0.2, 0.25) is 5.02 Å². The van der Waals surface area contributed by atoms with Crippen LogP contribution in [-0.4, -0.2) is 26.3 Å². The van der Waals surface area contributed by atoms with Crippen LogP contribution in [0, 0.1) is 5.41 Å². The standard InChI is InChI=1S/C21H26ClN3O3S/c1-15(21(2,3)4)23-24-20(26)17-8-12-19(13-9-17)25(29(5,27)28)14-16-6-10-18(22)11-7-16/h6-13H,14H2,1-5H3,(H,24,26)/b23-15-. The fourth-order valence-electron chi connectivity index (χ4n) is 2.30. The zero-order valence-electron chi connectivity index (χ0n) is 17.2. The first-order valence-electron chi connectivity index (χ1n) is 9.05. The first-order chi connectivity index (χ1) is 13.4. The third-order valence-electron chi connectivity index (χ3n) is 4.47. The van der Waals surface area contributed by atoms with Crippen LogP contribution in [0.3, 0.4) is 0 Å². The Morgan fingerprint density at radius 1 is 1.07 bits per heavy atom. The van der Waals surface area contributed by atoms with Crippen LogP contribution >= 0.6 is 11.6 Å². The van der Waals surface area contributed by atoms with Gasteiger partial charge in [0, 0.05) is 21.7 Å². The molecule has 0 saturated heterocycles. The molecule has 0 aliphatic carbocycles. The van der Waals surface area contributed by atoms with Crippen LogP contribution in [0.5, 0.6) is 0 Å². The first-order valence-corrected chi connectivity index (χ1v) is 11.3. The highest BCUT2D eigenvalue weighted by molar-refractivity contribution is 7.92. The third kappa shape index (κ3) is 6.58. The van der Waals surface area contributed by atoms with Gasteiger partial charge in [0.2, 0.25) is 10.0 Å². The number of benzene rings is 2. The van der Waals surface area contributed by atoms with Gasteiger partial charge < -0.3 is 0 Å². The summed E-state index contributed by atoms with van der Waals surface area (Å²) in [7, 11) is -3.52. The molecule has 2 aromatic carbocycles. The molecule has 0 spiro atoms. The van der Waals surface area contributed by atoms with Crippen molar-refractivity contribution in [3.8, 4) is 0 Å². The molecule has 0 atom stereocenters. The van der Waals surface area contributed by atoms with Crippen molar-refractivity contribution in [1.82, 2.24) is 5.43 Å². The molecular formula is C21H26ClN3O3S. The molecule has 0 aromatic heterocycles. The largest absolute Gasteiger partial charge is 0.271 e. The lowest BCUT2D eigenvalue weighted by Gasteiger charge is -2.23. The molecule has 0 aliphatic heterocycles. The molecule has 0 bridgehead atoms. The summed E-state index contributed by atoms with van der Waals surface area (Å²) < 4.78 is 25.9. The number of hydrogen-bond donors (Lipinski definition) is 1. The predicted molar refractivity (Wildman–Crippen MR) is 119 cm³/mol. The summed E-state index contributed by atoms with van der Waals surface area (Å²) >= 11 is 5.89. The third-order valence-corrected chi connectivity index (χ3v) is 5.86. The molecule has 29 heavy (non-hydrogen) atoms. The number of halogens is 1. The lowest BCUT2D eigenvalue weighted by molar-refractivity contribution is 0.0954. The fraction of sp³-hybridized carbons (Fsp3) is 0.333. The van der Waals surface area contributed by atoms with Crippen LogP contribution in [0.4, 0.5) is 5.69 Å². The predicted octanol–water partition coefficient (Wildman–Crippen LogP) is 4.46. The van der Waals surface area contributed by atoms with Crippen molar-refractivity contribution >= 4 is 38.9 Å². The lowest BCUT2D eigenvalue weighted by atomic mass is 9.91. The second kappa shape index (κ2) is 8.97. The number of amides is 1. The minimum absolute atomic E-state index is 0.144. The van der Waals surface area contributed by atoms with E-state index in [0.29, 0.717) is 16.3 Å². The van der Waals surface area contributed by atoms with E-state index in [4.69, 9.17) is 11.6 Å². The monoisotopic (exact) mass is 435 g/mol. The molecule has 1 N–H and O–H groups in total. The number of nitrogens with one attached hydrogen (secondary N) is 1. The molecule has 0 heterocycles. The molecule has 0 saturated carbocycles. The highest BCUT2D eigenvalue weighted by Gasteiger charge is 2.19. The van der Waals surface area contributed by atoms with E-state index in [0.717, 1.165) is 17.5 Å². The molecule has 2 aromatic rings. The Bertz CT molecular complexity index is 993. The van der Waals surface area contributed by atoms with Gasteiger partial charge in [-0.1, -0.05) is 44.5 Å². The summed E-state index contributed by atoms with van der Waals surface area (Å²) in [5, 5.41) is 4.71. The van der Waals surface area contributed by atoms with Crippen LogP contribution in [0.1, 0.15) is 43.6 Å². The zero-order valence-corrected chi connectivity index (χ0v) is 18.8. The summed E-state index contributed by atoms with van der Waals surface area (Å²) in [5.41, 5.74) is 4.84. The van der Waals surface area contributed by atoms with Crippen molar-refractivity contribution in [2.75, 3.05) is 10.6 Å². The quantitative estimate of drug-likeness (QED) is 0.537. The number of hydrogen-bond acceptors (Lipinski definition) is 4. The SMILES string of the molecule is C/C(=N/NC(=O)c1ccc(N(Cc2ccc(Cl)cc2)S(C)(=O)=O)cc1)C(C)(C)C. The highest BCUT2D eigenvalue weighted by Crippen LogP contribution is 2.22. The van der Waals surface area contributed by atoms with Gasteiger partial charge in [-0.3, -0.25) is 9.10 Å². The number of hydrazone groups is 1. The van der Waals surface area contributed by atoms with E-state index in [1.165, 1.54) is 4.31 Å². The Kier molecular flexibility index (Phi) is 7.08. The van der Waals surface area contributed by atoms with Crippen molar-refractivity contribution < 1.29 is 13.2 Å². The topological polar surface area (TPSA) is 78.8 Å². The van der Waals surface area contributed by atoms with Crippen molar-refractivity contribution in [2.45, 2.75) is 34.2 Å². The molecule has 0 fully saturated rings. The van der Waals surface area contributed by atoms with Gasteiger partial charge in [-0.25, -0.2) is 13.8 Å². The zero-order chi connectivity index (χ0) is 21.8. The number of carbonyl (C=O) groups excluding carboxylic acids is 1. The average Bonchev–Trinajstić information content (AvgIpc) is 2.63. The van der Waals surface area contributed by atoms with E-state index in [9.17, 15) is 13.2 Å². The Hall–Kier alpha value is -2.38. The van der Waals surface area contributed by atoms with Crippen molar-refractivity contribution in [3.63, 3.8) is 0 Å². The highest BCUT2D eigenvalue weighted by atomic mass is 35.5. The second-order valence-corrected chi connectivity index (χ2v) is 10.2. The van der Waals surface area contributed by atoms with E-state index in [1.807, 2.05) is 27.7 Å². The molecule has 2 rings (SSSR count). The molecule has 0 radical (unpaired) electrons. The van der Waals surface area contributed by atoms with Crippen LogP contribution in [0.15, 0.2) is 53.6 Å². The summed E-state index contributed by atoms with van der Waals surface area (Å²) in [5.74, 6) is -0.358. The van der Waals surface area contributed by atoms with Gasteiger partial charge >= 0.3 is 0 Å². The van der Waals surface area contributed by atoms with Gasteiger partial charge in [0.05, 0.1) is 18.5 Å². The number of carbonyl (C=O) groups is 1. The van der Waals surface area contributed by atoms with Gasteiger partial charge in [0.15, 0.2) is 0 Å². The van der Waals surface area contributed by atoms with Gasteiger partial charge in [-0.15, -0.1) is 0 Å². The number of nitrogens with zero attached hydrogens (tertiary/aromatic N) is 2. The van der Waals surface area contributed by atoms with Crippen LogP contribution in [0.25, 0.3) is 0 Å². The summed E-state index contributed by atoms with van der Waals surface area (Å²) in [6, 6.07) is 13.3. The molecule has 0 unspecified atom stereocenters. The van der Waals surface area contributed by atoms with Gasteiger partial charge in [-0.2, -0.15) is 5.10 Å². The molecule has 6 nitrogen and oxygen atoms in total. The molecular weight excluding hydrogens is 410 g/mol. The van der Waals surface area contributed by atoms with Crippen molar-refractivity contribution in [2.24, 2.45) is 10.5 Å². The molecule has 8 heteroatoms. The molecule has 1 amide bonds. The minimum atomic E-state index is -3.52. The van der Waals surface area contributed by atoms with E-state index in [1.54, 1.807) is 48.5 Å². The molecule has 0 aliphatic rings. The van der Waals surface area contributed by atoms with E-state index in [-0.39, 0.29) is 17.9 Å². The average molecular weight is 436 g/mol. The van der Waals surface area contributed by atoms with Gasteiger partial charge in [0.1, 0.15) is 0 Å². The van der Waals surface area contributed by atoms with E-state index in [2.05, 4.69) is 10.5 Å². The Morgan fingerprint density at radius 3 is 2.10 bits per heavy atom. The summed E-state index contributed by atoms with van der Waals surface area (Å²) in [6.07, 6.45) is 1.15. The minimum Gasteiger partial charge on any atom is -0.267 e. The Balaban J connectivity index is 2.20. The number of rotatable bonds is 6. The second-order valence-electron chi connectivity index (χ2n) is 7.83. The van der Waals surface area contributed by atoms with Crippen LogP contribution < -0.4 is 9.73 Å². The van der Waals surface area contributed by atoms with Gasteiger partial charge in [0.25, 0.3) is 5.91 Å². The normalized spacial score (nSPS) is 12.6. The van der Waals surface area contributed by atoms with Crippen molar-refractivity contribution in [1.29, 1.82) is 0 Å². The maximum atomic E-state index is 12.3. The summed E-state index contributed by atoms with van der Waals surface area (Å²) in [4.78, 5) is 12.3. The lowest BCUT2D eigenvalue weighted by Crippen LogP contribution is -2.29. The Morgan fingerprint density at radius 2 is 1.62 bits per heavy atom. The van der Waals surface area contributed by atoms with Crippen LogP contribution in [-0.2, 0) is 16.6 Å². The summed E-state index contributed by atoms with van der Waals surface area (Å²) in [6.45, 7) is 8.04. The van der Waals surface area contributed by atoms with E-state index < -0.39 is 10.0 Å². The maximum Gasteiger partial charge on any atom is 0.271 e. The molecule has 156 valence electrons. The fourth-order valence-corrected chi connectivity index (χ4v) is 3.32. The van der Waals surface area contributed by atoms with Gasteiger partial charge in [-0.05, 0) is 48.9 Å². The maximum absolute atomic E-state index is 12.3. The first kappa shape index (κ1) is 22.9. The Labute approximate surface area is 177 Å².